The number of nitrogens with one attached hydrogen (secondary N) is 1. The number of benzene rings is 2. The molecule has 0 aliphatic rings. The summed E-state index contributed by atoms with van der Waals surface area (Å²) in [5.74, 6) is 0. The number of hydrogen-bond acceptors (Lipinski definition) is 3. The third-order valence-electron chi connectivity index (χ3n) is 2.94. The zero-order valence-corrected chi connectivity index (χ0v) is 10.1. The second-order valence-corrected chi connectivity index (χ2v) is 4.18. The molecule has 5 N–H and O–H groups in total. The third-order valence-corrected chi connectivity index (χ3v) is 2.94. The highest BCUT2D eigenvalue weighted by atomic mass is 14.9. The second-order valence-electron chi connectivity index (χ2n) is 4.18. The zero-order chi connectivity index (χ0) is 12.4. The monoisotopic (exact) mass is 227 g/mol. The molecule has 0 aromatic heterocycles. The predicted octanol–water partition coefficient (Wildman–Crippen LogP) is 3.21. The van der Waals surface area contributed by atoms with Gasteiger partial charge in [-0.1, -0.05) is 18.2 Å². The molecule has 17 heavy (non-hydrogen) atoms. The summed E-state index contributed by atoms with van der Waals surface area (Å²) in [6, 6.07) is 11.9. The van der Waals surface area contributed by atoms with E-state index in [4.69, 9.17) is 11.5 Å². The van der Waals surface area contributed by atoms with Crippen LogP contribution < -0.4 is 16.8 Å². The molecule has 0 radical (unpaired) electrons. The Hall–Kier alpha value is -2.16. The summed E-state index contributed by atoms with van der Waals surface area (Å²) < 4.78 is 0. The fourth-order valence-corrected chi connectivity index (χ4v) is 1.80. The normalized spacial score (nSPS) is 10.2. The minimum atomic E-state index is 0.706. The highest BCUT2D eigenvalue weighted by Gasteiger charge is 2.08. The van der Waals surface area contributed by atoms with Gasteiger partial charge in [-0.3, -0.25) is 0 Å². The number of nitrogens with two attached hydrogens (primary N) is 2. The van der Waals surface area contributed by atoms with Gasteiger partial charge in [0.15, 0.2) is 0 Å². The first kappa shape index (κ1) is 11.3. The van der Waals surface area contributed by atoms with Gasteiger partial charge < -0.3 is 16.8 Å². The van der Waals surface area contributed by atoms with E-state index in [1.165, 1.54) is 0 Å². The number of hydrogen-bond donors (Lipinski definition) is 3. The average Bonchev–Trinajstić information content (AvgIpc) is 2.35. The van der Waals surface area contributed by atoms with E-state index in [0.717, 1.165) is 28.2 Å². The number of para-hydroxylation sites is 1. The minimum absolute atomic E-state index is 0.706. The van der Waals surface area contributed by atoms with E-state index in [-0.39, 0.29) is 0 Å². The Bertz CT molecular complexity index is 533. The van der Waals surface area contributed by atoms with Gasteiger partial charge in [0.2, 0.25) is 0 Å². The summed E-state index contributed by atoms with van der Waals surface area (Å²) in [4.78, 5) is 0. The van der Waals surface area contributed by atoms with E-state index in [9.17, 15) is 0 Å². The number of rotatable bonds is 2. The molecule has 0 aliphatic heterocycles. The van der Waals surface area contributed by atoms with Crippen LogP contribution in [0.25, 0.3) is 0 Å². The third kappa shape index (κ3) is 2.18. The van der Waals surface area contributed by atoms with Crippen molar-refractivity contribution in [2.45, 2.75) is 13.8 Å². The van der Waals surface area contributed by atoms with Crippen molar-refractivity contribution in [1.82, 2.24) is 0 Å². The second kappa shape index (κ2) is 4.37. The molecule has 2 aromatic carbocycles. The lowest BCUT2D eigenvalue weighted by Gasteiger charge is -2.15. The molecule has 2 aromatic rings. The first-order valence-corrected chi connectivity index (χ1v) is 5.57. The molecule has 0 aliphatic carbocycles. The highest BCUT2D eigenvalue weighted by Crippen LogP contribution is 2.32. The molecule has 2 rings (SSSR count). The van der Waals surface area contributed by atoms with Gasteiger partial charge in [0.25, 0.3) is 0 Å². The minimum Gasteiger partial charge on any atom is -0.398 e. The number of anilines is 4. The van der Waals surface area contributed by atoms with E-state index >= 15 is 0 Å². The Morgan fingerprint density at radius 2 is 1.59 bits per heavy atom. The van der Waals surface area contributed by atoms with Crippen LogP contribution in [0.3, 0.4) is 0 Å². The first-order valence-electron chi connectivity index (χ1n) is 5.57. The SMILES string of the molecule is Cc1cc(Nc2ccccc2)c(N)c(C)c1N. The van der Waals surface area contributed by atoms with E-state index in [1.807, 2.05) is 50.2 Å². The molecule has 3 nitrogen and oxygen atoms in total. The standard InChI is InChI=1S/C14H17N3/c1-9-8-12(14(16)10(2)13(9)15)17-11-6-4-3-5-7-11/h3-8,17H,15-16H2,1-2H3. The first-order chi connectivity index (χ1) is 8.09. The van der Waals surface area contributed by atoms with Gasteiger partial charge in [-0.05, 0) is 43.2 Å². The van der Waals surface area contributed by atoms with Crippen LogP contribution in [-0.2, 0) is 0 Å². The number of aryl methyl sites for hydroxylation is 1. The number of nitrogen functional groups attached to an aromatic ring is 2. The van der Waals surface area contributed by atoms with Crippen molar-refractivity contribution in [1.29, 1.82) is 0 Å². The Balaban J connectivity index is 2.41. The Kier molecular flexibility index (Phi) is 2.91. The van der Waals surface area contributed by atoms with Crippen molar-refractivity contribution in [2.24, 2.45) is 0 Å². The Labute approximate surface area is 101 Å². The van der Waals surface area contributed by atoms with Crippen LogP contribution in [0.5, 0.6) is 0 Å². The van der Waals surface area contributed by atoms with E-state index in [1.54, 1.807) is 0 Å². The molecule has 3 heteroatoms. The maximum absolute atomic E-state index is 6.06. The van der Waals surface area contributed by atoms with Crippen LogP contribution in [0.4, 0.5) is 22.7 Å². The largest absolute Gasteiger partial charge is 0.398 e. The summed E-state index contributed by atoms with van der Waals surface area (Å²) in [6.45, 7) is 3.92. The topological polar surface area (TPSA) is 64.1 Å². The average molecular weight is 227 g/mol. The predicted molar refractivity (Wildman–Crippen MR) is 74.5 cm³/mol. The quantitative estimate of drug-likeness (QED) is 0.690. The fraction of sp³-hybridized carbons (Fsp3) is 0.143. The summed E-state index contributed by atoms with van der Waals surface area (Å²) in [6.07, 6.45) is 0. The van der Waals surface area contributed by atoms with Crippen LogP contribution in [-0.4, -0.2) is 0 Å². The van der Waals surface area contributed by atoms with Crippen molar-refractivity contribution in [3.05, 3.63) is 47.5 Å². The van der Waals surface area contributed by atoms with E-state index < -0.39 is 0 Å². The van der Waals surface area contributed by atoms with Crippen molar-refractivity contribution in [3.63, 3.8) is 0 Å². The lowest BCUT2D eigenvalue weighted by molar-refractivity contribution is 1.38. The summed E-state index contributed by atoms with van der Waals surface area (Å²) >= 11 is 0. The zero-order valence-electron chi connectivity index (χ0n) is 10.1. The lowest BCUT2D eigenvalue weighted by Crippen LogP contribution is -2.03. The van der Waals surface area contributed by atoms with Crippen LogP contribution in [0.2, 0.25) is 0 Å². The maximum Gasteiger partial charge on any atom is 0.0624 e. The van der Waals surface area contributed by atoms with Crippen LogP contribution >= 0.6 is 0 Å². The van der Waals surface area contributed by atoms with Gasteiger partial charge in [-0.2, -0.15) is 0 Å². The summed E-state index contributed by atoms with van der Waals surface area (Å²) in [5, 5.41) is 3.30. The lowest BCUT2D eigenvalue weighted by atomic mass is 10.1. The van der Waals surface area contributed by atoms with Gasteiger partial charge in [0, 0.05) is 11.4 Å². The van der Waals surface area contributed by atoms with Crippen molar-refractivity contribution in [2.75, 3.05) is 16.8 Å². The molecule has 0 fully saturated rings. The summed E-state index contributed by atoms with van der Waals surface area (Å²) in [5.41, 5.74) is 17.4. The van der Waals surface area contributed by atoms with Gasteiger partial charge in [-0.15, -0.1) is 0 Å². The van der Waals surface area contributed by atoms with Gasteiger partial charge in [-0.25, -0.2) is 0 Å². The van der Waals surface area contributed by atoms with Crippen molar-refractivity contribution in [3.8, 4) is 0 Å². The molecule has 0 bridgehead atoms. The molecule has 0 heterocycles. The Morgan fingerprint density at radius 3 is 2.24 bits per heavy atom. The highest BCUT2D eigenvalue weighted by molar-refractivity contribution is 5.81. The van der Waals surface area contributed by atoms with Gasteiger partial charge in [0.1, 0.15) is 0 Å². The molecule has 0 atom stereocenters. The molecule has 0 spiro atoms. The molecular formula is C14H17N3. The Morgan fingerprint density at radius 1 is 0.941 bits per heavy atom. The molecule has 0 amide bonds. The van der Waals surface area contributed by atoms with Gasteiger partial charge >= 0.3 is 0 Å². The van der Waals surface area contributed by atoms with Gasteiger partial charge in [0.05, 0.1) is 11.4 Å². The molecule has 88 valence electrons. The smallest absolute Gasteiger partial charge is 0.0624 e. The van der Waals surface area contributed by atoms with Crippen molar-refractivity contribution < 1.29 is 0 Å². The van der Waals surface area contributed by atoms with Crippen LogP contribution in [0.1, 0.15) is 11.1 Å². The molecular weight excluding hydrogens is 210 g/mol. The molecule has 0 saturated heterocycles. The molecule has 0 saturated carbocycles. The van der Waals surface area contributed by atoms with Crippen molar-refractivity contribution >= 4 is 22.7 Å². The maximum atomic E-state index is 6.06. The van der Waals surface area contributed by atoms with Crippen LogP contribution in [0.15, 0.2) is 36.4 Å². The van der Waals surface area contributed by atoms with Crippen LogP contribution in [0, 0.1) is 13.8 Å². The molecule has 0 unspecified atom stereocenters. The fourth-order valence-electron chi connectivity index (χ4n) is 1.80. The van der Waals surface area contributed by atoms with E-state index in [2.05, 4.69) is 5.32 Å². The summed E-state index contributed by atoms with van der Waals surface area (Å²) in [7, 11) is 0. The van der Waals surface area contributed by atoms with E-state index in [0.29, 0.717) is 5.69 Å².